The smallest absolute Gasteiger partial charge is 0.0102 e. The molecule has 2 heteroatoms. The summed E-state index contributed by atoms with van der Waals surface area (Å²) in [6, 6.07) is 9.04. The molecule has 0 spiro atoms. The van der Waals surface area contributed by atoms with Gasteiger partial charge in [0.05, 0.1) is 0 Å². The maximum absolute atomic E-state index is 5.52. The van der Waals surface area contributed by atoms with Gasteiger partial charge in [0.1, 0.15) is 0 Å². The first-order valence-corrected chi connectivity index (χ1v) is 6.58. The molecule has 0 atom stereocenters. The lowest BCUT2D eigenvalue weighted by atomic mass is 10.0. The van der Waals surface area contributed by atoms with Crippen LogP contribution >= 0.6 is 0 Å². The minimum Gasteiger partial charge on any atom is -0.329 e. The van der Waals surface area contributed by atoms with Gasteiger partial charge in [0.15, 0.2) is 0 Å². The second-order valence-corrected chi connectivity index (χ2v) is 5.26. The van der Waals surface area contributed by atoms with E-state index in [1.807, 2.05) is 0 Å². The number of hydrogen-bond acceptors (Lipinski definition) is 2. The zero-order chi connectivity index (χ0) is 12.7. The van der Waals surface area contributed by atoms with E-state index in [0.29, 0.717) is 0 Å². The summed E-state index contributed by atoms with van der Waals surface area (Å²) in [5, 5.41) is 0. The fourth-order valence-electron chi connectivity index (χ4n) is 1.97. The molecule has 1 rings (SSSR count). The fraction of sp³-hybridized carbons (Fsp3) is 0.600. The summed E-state index contributed by atoms with van der Waals surface area (Å²) >= 11 is 0. The quantitative estimate of drug-likeness (QED) is 0.784. The van der Waals surface area contributed by atoms with Crippen LogP contribution in [0, 0.1) is 5.92 Å². The minimum absolute atomic E-state index is 0.733. The van der Waals surface area contributed by atoms with Crippen LogP contribution in [0.25, 0.3) is 0 Å². The standard InChI is InChI=1S/C15H26N2/c1-13(2)12-15-6-4-14(5-7-15)8-10-17(3)11-9-16/h4-7,13H,8-12,16H2,1-3H3. The third-order valence-corrected chi connectivity index (χ3v) is 2.96. The van der Waals surface area contributed by atoms with Gasteiger partial charge in [0, 0.05) is 19.6 Å². The lowest BCUT2D eigenvalue weighted by Crippen LogP contribution is -2.27. The summed E-state index contributed by atoms with van der Waals surface area (Å²) < 4.78 is 0. The van der Waals surface area contributed by atoms with Crippen molar-refractivity contribution in [1.82, 2.24) is 4.90 Å². The number of hydrogen-bond donors (Lipinski definition) is 1. The Kier molecular flexibility index (Phi) is 6.23. The largest absolute Gasteiger partial charge is 0.329 e. The highest BCUT2D eigenvalue weighted by molar-refractivity contribution is 5.23. The Morgan fingerprint density at radius 2 is 1.65 bits per heavy atom. The van der Waals surface area contributed by atoms with Crippen molar-refractivity contribution >= 4 is 0 Å². The number of rotatable bonds is 7. The molecule has 0 bridgehead atoms. The molecule has 0 radical (unpaired) electrons. The number of likely N-dealkylation sites (N-methyl/N-ethyl adjacent to an activating group) is 1. The van der Waals surface area contributed by atoms with Gasteiger partial charge >= 0.3 is 0 Å². The van der Waals surface area contributed by atoms with Gasteiger partial charge in [-0.2, -0.15) is 0 Å². The van der Waals surface area contributed by atoms with Crippen LogP contribution in [0.5, 0.6) is 0 Å². The number of benzene rings is 1. The van der Waals surface area contributed by atoms with Crippen LogP contribution in [0.3, 0.4) is 0 Å². The van der Waals surface area contributed by atoms with E-state index in [2.05, 4.69) is 50.1 Å². The van der Waals surface area contributed by atoms with Gasteiger partial charge in [-0.3, -0.25) is 0 Å². The molecule has 0 saturated heterocycles. The van der Waals surface area contributed by atoms with Crippen molar-refractivity contribution in [3.05, 3.63) is 35.4 Å². The van der Waals surface area contributed by atoms with Crippen LogP contribution in [0.15, 0.2) is 24.3 Å². The molecule has 2 nitrogen and oxygen atoms in total. The first kappa shape index (κ1) is 14.2. The average Bonchev–Trinajstić information content (AvgIpc) is 2.28. The van der Waals surface area contributed by atoms with Crippen LogP contribution in [0.2, 0.25) is 0 Å². The first-order valence-electron chi connectivity index (χ1n) is 6.58. The van der Waals surface area contributed by atoms with E-state index in [-0.39, 0.29) is 0 Å². The predicted octanol–water partition coefficient (Wildman–Crippen LogP) is 2.32. The van der Waals surface area contributed by atoms with Crippen LogP contribution in [-0.2, 0) is 12.8 Å². The Morgan fingerprint density at radius 1 is 1.06 bits per heavy atom. The molecule has 0 aromatic heterocycles. The zero-order valence-corrected chi connectivity index (χ0v) is 11.4. The molecule has 0 unspecified atom stereocenters. The molecule has 1 aromatic carbocycles. The molecule has 1 aromatic rings. The van der Waals surface area contributed by atoms with Crippen LogP contribution in [0.4, 0.5) is 0 Å². The Balaban J connectivity index is 2.40. The van der Waals surface area contributed by atoms with Gasteiger partial charge in [-0.15, -0.1) is 0 Å². The third-order valence-electron chi connectivity index (χ3n) is 2.96. The lowest BCUT2D eigenvalue weighted by Gasteiger charge is -2.15. The SMILES string of the molecule is CC(C)Cc1ccc(CCN(C)CCN)cc1. The molecule has 0 aliphatic carbocycles. The van der Waals surface area contributed by atoms with E-state index in [1.165, 1.54) is 17.5 Å². The molecular weight excluding hydrogens is 208 g/mol. The average molecular weight is 234 g/mol. The van der Waals surface area contributed by atoms with Crippen LogP contribution < -0.4 is 5.73 Å². The number of nitrogens with two attached hydrogens (primary N) is 1. The van der Waals surface area contributed by atoms with Gasteiger partial charge in [-0.05, 0) is 36.9 Å². The first-order chi connectivity index (χ1) is 8.11. The highest BCUT2D eigenvalue weighted by atomic mass is 15.1. The summed E-state index contributed by atoms with van der Waals surface area (Å²) in [5.41, 5.74) is 8.38. The van der Waals surface area contributed by atoms with Crippen molar-refractivity contribution in [2.45, 2.75) is 26.7 Å². The number of nitrogens with zero attached hydrogens (tertiary/aromatic N) is 1. The molecular formula is C15H26N2. The molecule has 0 aliphatic rings. The van der Waals surface area contributed by atoms with E-state index in [1.54, 1.807) is 0 Å². The molecule has 96 valence electrons. The summed E-state index contributed by atoms with van der Waals surface area (Å²) in [4.78, 5) is 2.28. The molecule has 17 heavy (non-hydrogen) atoms. The monoisotopic (exact) mass is 234 g/mol. The van der Waals surface area contributed by atoms with Gasteiger partial charge in [0.25, 0.3) is 0 Å². The Morgan fingerprint density at radius 3 is 2.18 bits per heavy atom. The van der Waals surface area contributed by atoms with Gasteiger partial charge in [-0.25, -0.2) is 0 Å². The fourth-order valence-corrected chi connectivity index (χ4v) is 1.97. The highest BCUT2D eigenvalue weighted by Gasteiger charge is 2.00. The molecule has 0 fully saturated rings. The van der Waals surface area contributed by atoms with Crippen molar-refractivity contribution in [1.29, 1.82) is 0 Å². The van der Waals surface area contributed by atoms with Crippen LogP contribution in [-0.4, -0.2) is 31.6 Å². The summed E-state index contributed by atoms with van der Waals surface area (Å²) in [5.74, 6) is 0.733. The molecule has 0 saturated carbocycles. The third kappa shape index (κ3) is 5.85. The van der Waals surface area contributed by atoms with Gasteiger partial charge in [0.2, 0.25) is 0 Å². The van der Waals surface area contributed by atoms with Crippen molar-refractivity contribution in [2.24, 2.45) is 11.7 Å². The highest BCUT2D eigenvalue weighted by Crippen LogP contribution is 2.10. The summed E-state index contributed by atoms with van der Waals surface area (Å²) in [6.45, 7) is 7.32. The van der Waals surface area contributed by atoms with Crippen molar-refractivity contribution in [3.8, 4) is 0 Å². The maximum Gasteiger partial charge on any atom is 0.0102 e. The second kappa shape index (κ2) is 7.46. The predicted molar refractivity (Wildman–Crippen MR) is 75.2 cm³/mol. The Bertz CT molecular complexity index is 303. The van der Waals surface area contributed by atoms with E-state index in [4.69, 9.17) is 5.73 Å². The van der Waals surface area contributed by atoms with E-state index in [9.17, 15) is 0 Å². The minimum atomic E-state index is 0.733. The summed E-state index contributed by atoms with van der Waals surface area (Å²) in [6.07, 6.45) is 2.28. The van der Waals surface area contributed by atoms with E-state index < -0.39 is 0 Å². The van der Waals surface area contributed by atoms with Crippen molar-refractivity contribution in [3.63, 3.8) is 0 Å². The Labute approximate surface area is 106 Å². The lowest BCUT2D eigenvalue weighted by molar-refractivity contribution is 0.348. The topological polar surface area (TPSA) is 29.3 Å². The van der Waals surface area contributed by atoms with Crippen molar-refractivity contribution in [2.75, 3.05) is 26.7 Å². The summed E-state index contributed by atoms with van der Waals surface area (Å²) in [7, 11) is 2.12. The van der Waals surface area contributed by atoms with Crippen molar-refractivity contribution < 1.29 is 0 Å². The maximum atomic E-state index is 5.52. The molecule has 0 heterocycles. The second-order valence-electron chi connectivity index (χ2n) is 5.26. The Hall–Kier alpha value is -0.860. The van der Waals surface area contributed by atoms with Crippen LogP contribution in [0.1, 0.15) is 25.0 Å². The van der Waals surface area contributed by atoms with E-state index in [0.717, 1.165) is 32.0 Å². The van der Waals surface area contributed by atoms with Gasteiger partial charge < -0.3 is 10.6 Å². The van der Waals surface area contributed by atoms with Gasteiger partial charge in [-0.1, -0.05) is 38.1 Å². The normalized spacial score (nSPS) is 11.4. The molecule has 2 N–H and O–H groups in total. The van der Waals surface area contributed by atoms with E-state index >= 15 is 0 Å². The zero-order valence-electron chi connectivity index (χ0n) is 11.4. The molecule has 0 amide bonds. The molecule has 0 aliphatic heterocycles.